The average Bonchev–Trinajstić information content (AvgIpc) is 2.74. The molecule has 4 heteroatoms. The van der Waals surface area contributed by atoms with Crippen molar-refractivity contribution in [3.05, 3.63) is 24.3 Å². The second-order valence-electron chi connectivity index (χ2n) is 4.26. The van der Waals surface area contributed by atoms with Crippen LogP contribution in [0.5, 0.6) is 0 Å². The summed E-state index contributed by atoms with van der Waals surface area (Å²) >= 11 is 0. The van der Waals surface area contributed by atoms with Crippen LogP contribution >= 0.6 is 0 Å². The topological polar surface area (TPSA) is 47.7 Å². The van der Waals surface area contributed by atoms with E-state index in [9.17, 15) is 0 Å². The van der Waals surface area contributed by atoms with Crippen molar-refractivity contribution < 1.29 is 9.47 Å². The number of hydrogen-bond donors (Lipinski definition) is 1. The maximum Gasteiger partial charge on any atom is 0.103 e. The van der Waals surface area contributed by atoms with Crippen molar-refractivity contribution in [2.75, 3.05) is 37.4 Å². The summed E-state index contributed by atoms with van der Waals surface area (Å²) in [5, 5.41) is 0. The number of rotatable bonds is 4. The first-order chi connectivity index (χ1) is 8.24. The van der Waals surface area contributed by atoms with Gasteiger partial charge in [0.05, 0.1) is 0 Å². The second-order valence-corrected chi connectivity index (χ2v) is 4.26. The molecular formula is C13H20N2O2. The minimum absolute atomic E-state index is 0.146. The number of ether oxygens (including phenoxy) is 2. The van der Waals surface area contributed by atoms with Gasteiger partial charge >= 0.3 is 0 Å². The van der Waals surface area contributed by atoms with Gasteiger partial charge in [-0.2, -0.15) is 0 Å². The second kappa shape index (κ2) is 5.38. The van der Waals surface area contributed by atoms with E-state index in [0.29, 0.717) is 0 Å². The van der Waals surface area contributed by atoms with E-state index in [-0.39, 0.29) is 12.2 Å². The summed E-state index contributed by atoms with van der Waals surface area (Å²) in [4.78, 5) is 2.27. The van der Waals surface area contributed by atoms with E-state index in [1.54, 1.807) is 7.11 Å². The van der Waals surface area contributed by atoms with E-state index in [1.165, 1.54) is 5.69 Å². The first-order valence-electron chi connectivity index (χ1n) is 5.99. The fourth-order valence-corrected chi connectivity index (χ4v) is 2.24. The highest BCUT2D eigenvalue weighted by molar-refractivity contribution is 5.54. The molecule has 0 unspecified atom stereocenters. The Morgan fingerprint density at radius 1 is 1.24 bits per heavy atom. The molecule has 1 heterocycles. The van der Waals surface area contributed by atoms with Crippen LogP contribution in [0.4, 0.5) is 11.4 Å². The molecule has 2 N–H and O–H groups in total. The summed E-state index contributed by atoms with van der Waals surface area (Å²) in [6.45, 7) is 4.47. The van der Waals surface area contributed by atoms with Crippen LogP contribution in [0, 0.1) is 0 Å². The largest absolute Gasteiger partial charge is 0.399 e. The van der Waals surface area contributed by atoms with E-state index >= 15 is 0 Å². The quantitative estimate of drug-likeness (QED) is 0.805. The van der Waals surface area contributed by atoms with Crippen molar-refractivity contribution in [3.63, 3.8) is 0 Å². The maximum absolute atomic E-state index is 5.69. The number of hydrogen-bond acceptors (Lipinski definition) is 4. The predicted octanol–water partition coefficient (Wildman–Crippen LogP) is 1.51. The lowest BCUT2D eigenvalue weighted by atomic mass is 10.2. The fraction of sp³-hybridized carbons (Fsp3) is 0.538. The van der Waals surface area contributed by atoms with Gasteiger partial charge in [0.15, 0.2) is 0 Å². The van der Waals surface area contributed by atoms with E-state index in [0.717, 1.165) is 25.4 Å². The molecule has 1 fully saturated rings. The van der Waals surface area contributed by atoms with Gasteiger partial charge in [0.2, 0.25) is 0 Å². The number of anilines is 2. The third kappa shape index (κ3) is 2.70. The lowest BCUT2D eigenvalue weighted by Crippen LogP contribution is -2.28. The Labute approximate surface area is 102 Å². The van der Waals surface area contributed by atoms with Gasteiger partial charge in [-0.15, -0.1) is 0 Å². The Morgan fingerprint density at radius 3 is 2.47 bits per heavy atom. The Morgan fingerprint density at radius 2 is 1.88 bits per heavy atom. The molecule has 2 rings (SSSR count). The van der Waals surface area contributed by atoms with E-state index in [2.05, 4.69) is 4.90 Å². The highest BCUT2D eigenvalue weighted by atomic mass is 16.5. The van der Waals surface area contributed by atoms with Crippen molar-refractivity contribution in [2.45, 2.75) is 19.1 Å². The zero-order valence-electron chi connectivity index (χ0n) is 10.4. The molecular weight excluding hydrogens is 216 g/mol. The van der Waals surface area contributed by atoms with Crippen LogP contribution in [0.3, 0.4) is 0 Å². The molecule has 0 aromatic heterocycles. The molecule has 1 saturated heterocycles. The van der Waals surface area contributed by atoms with Crippen molar-refractivity contribution in [3.8, 4) is 0 Å². The fourth-order valence-electron chi connectivity index (χ4n) is 2.24. The van der Waals surface area contributed by atoms with Gasteiger partial charge in [-0.3, -0.25) is 0 Å². The average molecular weight is 236 g/mol. The first-order valence-corrected chi connectivity index (χ1v) is 5.99. The van der Waals surface area contributed by atoms with Gasteiger partial charge in [0.1, 0.15) is 12.2 Å². The van der Waals surface area contributed by atoms with E-state index in [1.807, 2.05) is 31.2 Å². The van der Waals surface area contributed by atoms with Gasteiger partial charge in [-0.05, 0) is 31.2 Å². The molecule has 17 heavy (non-hydrogen) atoms. The van der Waals surface area contributed by atoms with E-state index in [4.69, 9.17) is 15.2 Å². The number of nitrogens with two attached hydrogens (primary N) is 1. The highest BCUT2D eigenvalue weighted by Crippen LogP contribution is 2.24. The van der Waals surface area contributed by atoms with Crippen molar-refractivity contribution in [1.82, 2.24) is 0 Å². The van der Waals surface area contributed by atoms with Gasteiger partial charge < -0.3 is 20.1 Å². The van der Waals surface area contributed by atoms with Crippen LogP contribution < -0.4 is 10.6 Å². The van der Waals surface area contributed by atoms with Crippen molar-refractivity contribution >= 4 is 11.4 Å². The molecule has 0 bridgehead atoms. The summed E-state index contributed by atoms with van der Waals surface area (Å²) in [6.07, 6.45) is 0.301. The summed E-state index contributed by atoms with van der Waals surface area (Å²) in [6, 6.07) is 7.92. The van der Waals surface area contributed by atoms with Crippen LogP contribution in [0.1, 0.15) is 6.92 Å². The number of methoxy groups -OCH3 is 1. The van der Waals surface area contributed by atoms with Gasteiger partial charge in [-0.25, -0.2) is 0 Å². The van der Waals surface area contributed by atoms with Gasteiger partial charge in [0.25, 0.3) is 0 Å². The minimum atomic E-state index is 0.146. The zero-order chi connectivity index (χ0) is 12.3. The standard InChI is InChI=1S/C13H20N2O2/c1-3-17-13-9-15(8-12(13)16-2)11-6-4-10(14)5-7-11/h4-7,12-13H,3,8-9,14H2,1-2H3/t12-,13-/m1/s1. The van der Waals surface area contributed by atoms with Crippen molar-refractivity contribution in [2.24, 2.45) is 0 Å². The molecule has 0 radical (unpaired) electrons. The summed E-state index contributed by atoms with van der Waals surface area (Å²) in [7, 11) is 1.74. The normalized spacial score (nSPS) is 24.2. The molecule has 94 valence electrons. The Bertz CT molecular complexity index is 353. The molecule has 1 aliphatic rings. The molecule has 2 atom stereocenters. The predicted molar refractivity (Wildman–Crippen MR) is 69.3 cm³/mol. The van der Waals surface area contributed by atoms with Crippen LogP contribution in [0.15, 0.2) is 24.3 Å². The molecule has 1 aliphatic heterocycles. The lowest BCUT2D eigenvalue weighted by molar-refractivity contribution is -0.0232. The SMILES string of the molecule is CCO[C@@H]1CN(c2ccc(N)cc2)C[C@H]1OC. The van der Waals surface area contributed by atoms with Gasteiger partial charge in [0, 0.05) is 38.2 Å². The lowest BCUT2D eigenvalue weighted by Gasteiger charge is -2.18. The first kappa shape index (κ1) is 12.2. The summed E-state index contributed by atoms with van der Waals surface area (Å²) in [5.74, 6) is 0. The molecule has 1 aromatic carbocycles. The summed E-state index contributed by atoms with van der Waals surface area (Å²) in [5.41, 5.74) is 7.65. The number of benzene rings is 1. The van der Waals surface area contributed by atoms with Crippen LogP contribution in [0.2, 0.25) is 0 Å². The Hall–Kier alpha value is -1.26. The zero-order valence-corrected chi connectivity index (χ0v) is 10.4. The summed E-state index contributed by atoms with van der Waals surface area (Å²) < 4.78 is 11.2. The number of nitrogen functional groups attached to an aromatic ring is 1. The van der Waals surface area contributed by atoms with Crippen molar-refractivity contribution in [1.29, 1.82) is 0 Å². The smallest absolute Gasteiger partial charge is 0.103 e. The van der Waals surface area contributed by atoms with Crippen LogP contribution in [-0.4, -0.2) is 39.0 Å². The van der Waals surface area contributed by atoms with Crippen LogP contribution in [-0.2, 0) is 9.47 Å². The molecule has 0 amide bonds. The maximum atomic E-state index is 5.69. The monoisotopic (exact) mass is 236 g/mol. The third-order valence-electron chi connectivity index (χ3n) is 3.16. The molecule has 0 aliphatic carbocycles. The molecule has 0 saturated carbocycles. The Balaban J connectivity index is 2.06. The van der Waals surface area contributed by atoms with E-state index < -0.39 is 0 Å². The third-order valence-corrected chi connectivity index (χ3v) is 3.16. The molecule has 0 spiro atoms. The van der Waals surface area contributed by atoms with Gasteiger partial charge in [-0.1, -0.05) is 0 Å². The van der Waals surface area contributed by atoms with Crippen LogP contribution in [0.25, 0.3) is 0 Å². The number of nitrogens with zero attached hydrogens (tertiary/aromatic N) is 1. The molecule has 1 aromatic rings. The highest BCUT2D eigenvalue weighted by Gasteiger charge is 2.33. The minimum Gasteiger partial charge on any atom is -0.399 e. The molecule has 4 nitrogen and oxygen atoms in total. The Kier molecular flexibility index (Phi) is 3.86.